The topological polar surface area (TPSA) is 91.6 Å². The number of carbonyl (C=O) groups excluding carboxylic acids is 2. The minimum absolute atomic E-state index is 0.0622. The number of hydrogen-bond acceptors (Lipinski definition) is 6. The number of esters is 1. The van der Waals surface area contributed by atoms with Crippen molar-refractivity contribution in [1.82, 2.24) is 0 Å². The molecule has 0 saturated heterocycles. The number of nitrogens with zero attached hydrogens (tertiary/aromatic N) is 1. The van der Waals surface area contributed by atoms with Crippen molar-refractivity contribution in [3.63, 3.8) is 0 Å². The van der Waals surface area contributed by atoms with Crippen molar-refractivity contribution in [2.24, 2.45) is 0 Å². The van der Waals surface area contributed by atoms with Crippen LogP contribution in [-0.4, -0.2) is 31.3 Å². The standard InChI is InChI=1S/C17H18N2O5S/c1-12-6-7-14(23-2)13(9-12)18-15(20)10-24-17(21)11-25-16-5-3-4-8-19(16)22/h3-9H,10-11H2,1-2H3,(H,18,20). The van der Waals surface area contributed by atoms with Crippen molar-refractivity contribution < 1.29 is 23.8 Å². The Bertz CT molecular complexity index is 766. The Hall–Kier alpha value is -2.74. The number of benzene rings is 1. The van der Waals surface area contributed by atoms with Crippen LogP contribution in [0, 0.1) is 12.1 Å². The van der Waals surface area contributed by atoms with Gasteiger partial charge in [0.15, 0.2) is 12.8 Å². The smallest absolute Gasteiger partial charge is 0.317 e. The molecule has 1 heterocycles. The van der Waals surface area contributed by atoms with Gasteiger partial charge in [0.1, 0.15) is 11.5 Å². The van der Waals surface area contributed by atoms with Gasteiger partial charge in [-0.05, 0) is 42.4 Å². The average Bonchev–Trinajstić information content (AvgIpc) is 2.59. The summed E-state index contributed by atoms with van der Waals surface area (Å²) in [5.41, 5.74) is 1.47. The van der Waals surface area contributed by atoms with Crippen LogP contribution < -0.4 is 14.8 Å². The number of thioether (sulfide) groups is 1. The molecular weight excluding hydrogens is 344 g/mol. The van der Waals surface area contributed by atoms with Crippen molar-refractivity contribution in [3.05, 3.63) is 53.4 Å². The van der Waals surface area contributed by atoms with Crippen LogP contribution in [0.3, 0.4) is 0 Å². The van der Waals surface area contributed by atoms with Gasteiger partial charge in [-0.2, -0.15) is 4.73 Å². The van der Waals surface area contributed by atoms with Crippen LogP contribution in [0.15, 0.2) is 47.6 Å². The van der Waals surface area contributed by atoms with E-state index in [1.807, 2.05) is 13.0 Å². The number of pyridine rings is 1. The summed E-state index contributed by atoms with van der Waals surface area (Å²) < 4.78 is 10.7. The molecule has 1 amide bonds. The predicted octanol–water partition coefficient (Wildman–Crippen LogP) is 1.91. The van der Waals surface area contributed by atoms with E-state index < -0.39 is 18.5 Å². The Morgan fingerprint density at radius 3 is 2.80 bits per heavy atom. The summed E-state index contributed by atoms with van der Waals surface area (Å²) in [7, 11) is 1.50. The minimum Gasteiger partial charge on any atom is -0.618 e. The van der Waals surface area contributed by atoms with E-state index in [0.29, 0.717) is 21.2 Å². The normalized spacial score (nSPS) is 10.2. The second-order valence-corrected chi connectivity index (χ2v) is 6.06. The fourth-order valence-corrected chi connectivity index (χ4v) is 2.66. The molecule has 0 aliphatic rings. The van der Waals surface area contributed by atoms with Crippen molar-refractivity contribution in [2.45, 2.75) is 11.9 Å². The number of ether oxygens (including phenoxy) is 2. The Labute approximate surface area is 149 Å². The van der Waals surface area contributed by atoms with E-state index in [2.05, 4.69) is 5.32 Å². The third-order valence-corrected chi connectivity index (χ3v) is 4.11. The first-order chi connectivity index (χ1) is 12.0. The summed E-state index contributed by atoms with van der Waals surface area (Å²) in [5.74, 6) is -0.598. The monoisotopic (exact) mass is 362 g/mol. The lowest BCUT2D eigenvalue weighted by Crippen LogP contribution is -2.28. The first-order valence-corrected chi connectivity index (χ1v) is 8.39. The third-order valence-electron chi connectivity index (χ3n) is 3.12. The molecule has 0 fully saturated rings. The van der Waals surface area contributed by atoms with Gasteiger partial charge in [-0.1, -0.05) is 6.07 Å². The van der Waals surface area contributed by atoms with Gasteiger partial charge in [0.25, 0.3) is 10.9 Å². The molecule has 132 valence electrons. The van der Waals surface area contributed by atoms with Gasteiger partial charge in [-0.25, -0.2) is 0 Å². The van der Waals surface area contributed by atoms with Gasteiger partial charge < -0.3 is 20.0 Å². The van der Waals surface area contributed by atoms with Gasteiger partial charge in [0, 0.05) is 12.1 Å². The number of hydrogen-bond donors (Lipinski definition) is 1. The maximum atomic E-state index is 11.9. The molecule has 8 heteroatoms. The zero-order valence-corrected chi connectivity index (χ0v) is 14.7. The van der Waals surface area contributed by atoms with Crippen molar-refractivity contribution in [2.75, 3.05) is 24.8 Å². The fourth-order valence-electron chi connectivity index (χ4n) is 1.95. The van der Waals surface area contributed by atoms with E-state index in [0.717, 1.165) is 17.3 Å². The Morgan fingerprint density at radius 2 is 2.08 bits per heavy atom. The summed E-state index contributed by atoms with van der Waals surface area (Å²) in [6.45, 7) is 1.47. The Morgan fingerprint density at radius 1 is 1.28 bits per heavy atom. The third kappa shape index (κ3) is 5.68. The van der Waals surface area contributed by atoms with E-state index in [-0.39, 0.29) is 5.75 Å². The van der Waals surface area contributed by atoms with E-state index in [1.165, 1.54) is 13.3 Å². The second kappa shape index (κ2) is 8.93. The number of carbonyl (C=O) groups is 2. The minimum atomic E-state index is -0.583. The number of aryl methyl sites for hydroxylation is 1. The van der Waals surface area contributed by atoms with Crippen LogP contribution in [0.2, 0.25) is 0 Å². The number of anilines is 1. The highest BCUT2D eigenvalue weighted by Crippen LogP contribution is 2.25. The maximum absolute atomic E-state index is 11.9. The lowest BCUT2D eigenvalue weighted by atomic mass is 10.2. The zero-order chi connectivity index (χ0) is 18.2. The number of methoxy groups -OCH3 is 1. The molecule has 0 bridgehead atoms. The number of amides is 1. The van der Waals surface area contributed by atoms with Crippen LogP contribution in [0.25, 0.3) is 0 Å². The summed E-state index contributed by atoms with van der Waals surface area (Å²) >= 11 is 1.04. The van der Waals surface area contributed by atoms with E-state index in [1.54, 1.807) is 30.3 Å². The molecule has 0 saturated carbocycles. The van der Waals surface area contributed by atoms with Crippen LogP contribution in [0.1, 0.15) is 5.56 Å². The van der Waals surface area contributed by atoms with Gasteiger partial charge in [-0.15, -0.1) is 0 Å². The summed E-state index contributed by atoms with van der Waals surface area (Å²) in [6, 6.07) is 10.3. The Kier molecular flexibility index (Phi) is 6.64. The molecular formula is C17H18N2O5S. The quantitative estimate of drug-likeness (QED) is 0.350. The molecule has 2 aromatic rings. The van der Waals surface area contributed by atoms with E-state index in [4.69, 9.17) is 9.47 Å². The van der Waals surface area contributed by atoms with Gasteiger partial charge in [-0.3, -0.25) is 9.59 Å². The van der Waals surface area contributed by atoms with Crippen LogP contribution in [0.5, 0.6) is 5.75 Å². The van der Waals surface area contributed by atoms with E-state index >= 15 is 0 Å². The molecule has 0 spiro atoms. The van der Waals surface area contributed by atoms with E-state index in [9.17, 15) is 14.8 Å². The zero-order valence-electron chi connectivity index (χ0n) is 13.9. The first-order valence-electron chi connectivity index (χ1n) is 7.40. The number of aromatic nitrogens is 1. The Balaban J connectivity index is 1.81. The molecule has 0 radical (unpaired) electrons. The number of rotatable bonds is 7. The average molecular weight is 362 g/mol. The van der Waals surface area contributed by atoms with Crippen LogP contribution in [-0.2, 0) is 14.3 Å². The van der Waals surface area contributed by atoms with Gasteiger partial charge in [0.05, 0.1) is 12.8 Å². The molecule has 1 N–H and O–H groups in total. The molecule has 7 nitrogen and oxygen atoms in total. The van der Waals surface area contributed by atoms with Crippen molar-refractivity contribution >= 4 is 29.3 Å². The molecule has 0 unspecified atom stereocenters. The van der Waals surface area contributed by atoms with Crippen LogP contribution in [0.4, 0.5) is 5.69 Å². The van der Waals surface area contributed by atoms with Crippen molar-refractivity contribution in [3.8, 4) is 5.75 Å². The van der Waals surface area contributed by atoms with Crippen LogP contribution >= 0.6 is 11.8 Å². The first kappa shape index (κ1) is 18.6. The molecule has 25 heavy (non-hydrogen) atoms. The highest BCUT2D eigenvalue weighted by molar-refractivity contribution is 7.99. The lowest BCUT2D eigenvalue weighted by Gasteiger charge is -2.11. The van der Waals surface area contributed by atoms with Crippen molar-refractivity contribution in [1.29, 1.82) is 0 Å². The molecule has 1 aromatic carbocycles. The van der Waals surface area contributed by atoms with Gasteiger partial charge >= 0.3 is 5.97 Å². The highest BCUT2D eigenvalue weighted by Gasteiger charge is 2.13. The molecule has 0 atom stereocenters. The maximum Gasteiger partial charge on any atom is 0.317 e. The molecule has 2 rings (SSSR count). The van der Waals surface area contributed by atoms with Gasteiger partial charge in [0.2, 0.25) is 0 Å². The molecule has 0 aliphatic heterocycles. The SMILES string of the molecule is COc1ccc(C)cc1NC(=O)COC(=O)CSc1cccc[n+]1[O-]. The highest BCUT2D eigenvalue weighted by atomic mass is 32.2. The predicted molar refractivity (Wildman–Crippen MR) is 93.4 cm³/mol. The largest absolute Gasteiger partial charge is 0.618 e. The molecule has 1 aromatic heterocycles. The molecule has 0 aliphatic carbocycles. The second-order valence-electron chi connectivity index (χ2n) is 5.07. The fraction of sp³-hybridized carbons (Fsp3) is 0.235. The number of nitrogens with one attached hydrogen (secondary N) is 1. The summed E-state index contributed by atoms with van der Waals surface area (Å²) in [4.78, 5) is 23.6. The summed E-state index contributed by atoms with van der Waals surface area (Å²) in [6.07, 6.45) is 1.34. The summed E-state index contributed by atoms with van der Waals surface area (Å²) in [5, 5.41) is 14.5. The lowest BCUT2D eigenvalue weighted by molar-refractivity contribution is -0.645.